The van der Waals surface area contributed by atoms with E-state index in [0.29, 0.717) is 13.0 Å². The molecule has 0 radical (unpaired) electrons. The SMILES string of the molecule is Cc1ccc(O)cc1Nc1ccnc2ccc(CC(=O)NCCCN(C)c3ccccc3)cc12. The number of carbonyl (C=O) groups is 1. The number of carbonyl (C=O) groups excluding carboxylic acids is 1. The number of fused-ring (bicyclic) bond motifs is 1. The maximum Gasteiger partial charge on any atom is 0.224 e. The summed E-state index contributed by atoms with van der Waals surface area (Å²) >= 11 is 0. The second-order valence-electron chi connectivity index (χ2n) is 8.47. The third-order valence-corrected chi connectivity index (χ3v) is 5.85. The second-order valence-corrected chi connectivity index (χ2v) is 8.47. The number of anilines is 3. The van der Waals surface area contributed by atoms with Crippen LogP contribution in [0.3, 0.4) is 0 Å². The Morgan fingerprint density at radius 3 is 2.65 bits per heavy atom. The van der Waals surface area contributed by atoms with Crippen LogP contribution < -0.4 is 15.5 Å². The zero-order valence-electron chi connectivity index (χ0n) is 19.6. The lowest BCUT2D eigenvalue weighted by atomic mass is 10.1. The highest BCUT2D eigenvalue weighted by molar-refractivity contribution is 5.94. The van der Waals surface area contributed by atoms with E-state index >= 15 is 0 Å². The van der Waals surface area contributed by atoms with Crippen LogP contribution in [-0.4, -0.2) is 36.1 Å². The zero-order valence-corrected chi connectivity index (χ0v) is 19.6. The Kier molecular flexibility index (Phi) is 7.28. The van der Waals surface area contributed by atoms with E-state index in [1.165, 1.54) is 5.69 Å². The predicted octanol–water partition coefficient (Wildman–Crippen LogP) is 5.18. The molecule has 4 rings (SSSR count). The quantitative estimate of drug-likeness (QED) is 0.304. The molecule has 0 unspecified atom stereocenters. The third kappa shape index (κ3) is 5.84. The van der Waals surface area contributed by atoms with E-state index in [-0.39, 0.29) is 11.7 Å². The van der Waals surface area contributed by atoms with Crippen LogP contribution in [0.1, 0.15) is 17.5 Å². The first-order valence-corrected chi connectivity index (χ1v) is 11.5. The lowest BCUT2D eigenvalue weighted by Crippen LogP contribution is -2.29. The summed E-state index contributed by atoms with van der Waals surface area (Å²) in [6.07, 6.45) is 2.93. The first kappa shape index (κ1) is 23.1. The minimum atomic E-state index is 0.00365. The summed E-state index contributed by atoms with van der Waals surface area (Å²) in [5.41, 5.74) is 5.67. The average Bonchev–Trinajstić information content (AvgIpc) is 2.85. The van der Waals surface area contributed by atoms with Crippen LogP contribution in [0.15, 0.2) is 79.0 Å². The van der Waals surface area contributed by atoms with Gasteiger partial charge in [0.2, 0.25) is 5.91 Å². The van der Waals surface area contributed by atoms with Crippen LogP contribution in [0, 0.1) is 6.92 Å². The number of nitrogens with one attached hydrogen (secondary N) is 2. The fourth-order valence-electron chi connectivity index (χ4n) is 3.91. The van der Waals surface area contributed by atoms with Crippen molar-refractivity contribution in [3.63, 3.8) is 0 Å². The van der Waals surface area contributed by atoms with Gasteiger partial charge in [0.05, 0.1) is 11.9 Å². The summed E-state index contributed by atoms with van der Waals surface area (Å²) in [6.45, 7) is 3.49. The molecule has 0 saturated carbocycles. The maximum atomic E-state index is 12.5. The fourth-order valence-corrected chi connectivity index (χ4v) is 3.91. The van der Waals surface area contributed by atoms with Gasteiger partial charge in [-0.3, -0.25) is 9.78 Å². The molecular weight excluding hydrogens is 424 g/mol. The molecule has 34 heavy (non-hydrogen) atoms. The van der Waals surface area contributed by atoms with Gasteiger partial charge in [-0.1, -0.05) is 30.3 Å². The molecule has 4 aromatic rings. The Morgan fingerprint density at radius 2 is 1.82 bits per heavy atom. The molecule has 0 spiro atoms. The number of nitrogens with zero attached hydrogens (tertiary/aromatic N) is 2. The Labute approximate surface area is 200 Å². The number of aromatic hydroxyl groups is 1. The number of pyridine rings is 1. The highest BCUT2D eigenvalue weighted by Crippen LogP contribution is 2.29. The minimum Gasteiger partial charge on any atom is -0.508 e. The van der Waals surface area contributed by atoms with Crippen LogP contribution in [0.4, 0.5) is 17.1 Å². The van der Waals surface area contributed by atoms with Crippen LogP contribution in [0.2, 0.25) is 0 Å². The van der Waals surface area contributed by atoms with Crippen molar-refractivity contribution in [3.8, 4) is 5.75 Å². The van der Waals surface area contributed by atoms with Crippen molar-refractivity contribution in [2.75, 3.05) is 30.4 Å². The Morgan fingerprint density at radius 1 is 1.00 bits per heavy atom. The number of aromatic nitrogens is 1. The number of phenolic OH excluding ortho intramolecular Hbond substituents is 1. The van der Waals surface area contributed by atoms with Crippen LogP contribution in [0.25, 0.3) is 10.9 Å². The molecule has 1 heterocycles. The van der Waals surface area contributed by atoms with Crippen molar-refractivity contribution in [1.82, 2.24) is 10.3 Å². The van der Waals surface area contributed by atoms with Gasteiger partial charge in [0.15, 0.2) is 0 Å². The molecule has 174 valence electrons. The molecule has 3 aromatic carbocycles. The second kappa shape index (κ2) is 10.7. The first-order valence-electron chi connectivity index (χ1n) is 11.5. The Balaban J connectivity index is 1.37. The third-order valence-electron chi connectivity index (χ3n) is 5.85. The summed E-state index contributed by atoms with van der Waals surface area (Å²) in [6, 6.07) is 23.3. The maximum absolute atomic E-state index is 12.5. The average molecular weight is 455 g/mol. The molecule has 6 nitrogen and oxygen atoms in total. The van der Waals surface area contributed by atoms with E-state index in [1.54, 1.807) is 18.3 Å². The Bertz CT molecular complexity index is 1270. The molecule has 0 aliphatic carbocycles. The summed E-state index contributed by atoms with van der Waals surface area (Å²) in [5, 5.41) is 17.2. The molecule has 0 aliphatic rings. The topological polar surface area (TPSA) is 77.5 Å². The highest BCUT2D eigenvalue weighted by atomic mass is 16.3. The molecule has 0 atom stereocenters. The number of para-hydroxylation sites is 1. The molecule has 0 bridgehead atoms. The van der Waals surface area contributed by atoms with Crippen LogP contribution >= 0.6 is 0 Å². The van der Waals surface area contributed by atoms with Crippen molar-refractivity contribution in [2.45, 2.75) is 19.8 Å². The number of aryl methyl sites for hydroxylation is 1. The number of hydrogen-bond acceptors (Lipinski definition) is 5. The van der Waals surface area contributed by atoms with E-state index < -0.39 is 0 Å². The highest BCUT2D eigenvalue weighted by Gasteiger charge is 2.09. The van der Waals surface area contributed by atoms with Gasteiger partial charge in [-0.25, -0.2) is 0 Å². The summed E-state index contributed by atoms with van der Waals surface area (Å²) in [5.74, 6) is 0.211. The van der Waals surface area contributed by atoms with Gasteiger partial charge < -0.3 is 20.6 Å². The van der Waals surface area contributed by atoms with Crippen molar-refractivity contribution < 1.29 is 9.90 Å². The largest absolute Gasteiger partial charge is 0.508 e. The van der Waals surface area contributed by atoms with Crippen molar-refractivity contribution in [2.24, 2.45) is 0 Å². The lowest BCUT2D eigenvalue weighted by Gasteiger charge is -2.19. The van der Waals surface area contributed by atoms with Crippen molar-refractivity contribution in [3.05, 3.63) is 90.1 Å². The van der Waals surface area contributed by atoms with E-state index in [4.69, 9.17) is 0 Å². The molecule has 0 aliphatic heterocycles. The van der Waals surface area contributed by atoms with Crippen LogP contribution in [0.5, 0.6) is 5.75 Å². The smallest absolute Gasteiger partial charge is 0.224 e. The summed E-state index contributed by atoms with van der Waals surface area (Å²) in [7, 11) is 2.06. The number of amides is 1. The molecule has 0 saturated heterocycles. The molecule has 3 N–H and O–H groups in total. The monoisotopic (exact) mass is 454 g/mol. The number of phenols is 1. The predicted molar refractivity (Wildman–Crippen MR) is 139 cm³/mol. The van der Waals surface area contributed by atoms with Gasteiger partial charge in [-0.2, -0.15) is 0 Å². The summed E-state index contributed by atoms with van der Waals surface area (Å²) < 4.78 is 0. The number of hydrogen-bond donors (Lipinski definition) is 3. The van der Waals surface area contributed by atoms with E-state index in [2.05, 4.69) is 39.7 Å². The standard InChI is InChI=1S/C28H30N4O2/c1-20-9-11-23(33)19-27(20)31-26-13-15-29-25-12-10-21(17-24(25)26)18-28(34)30-14-6-16-32(2)22-7-4-3-5-8-22/h3-5,7-13,15,17,19,33H,6,14,16,18H2,1-2H3,(H,29,31)(H,30,34). The summed E-state index contributed by atoms with van der Waals surface area (Å²) in [4.78, 5) is 19.2. The minimum absolute atomic E-state index is 0.00365. The molecule has 6 heteroatoms. The van der Waals surface area contributed by atoms with E-state index in [1.807, 2.05) is 55.5 Å². The first-order chi connectivity index (χ1) is 16.5. The van der Waals surface area contributed by atoms with Crippen LogP contribution in [-0.2, 0) is 11.2 Å². The van der Waals surface area contributed by atoms with Crippen molar-refractivity contribution >= 4 is 33.9 Å². The normalized spacial score (nSPS) is 10.8. The van der Waals surface area contributed by atoms with E-state index in [0.717, 1.165) is 46.4 Å². The number of rotatable bonds is 9. The van der Waals surface area contributed by atoms with Gasteiger partial charge >= 0.3 is 0 Å². The van der Waals surface area contributed by atoms with Crippen molar-refractivity contribution in [1.29, 1.82) is 0 Å². The fraction of sp³-hybridized carbons (Fsp3) is 0.214. The van der Waals surface area contributed by atoms with Gasteiger partial charge in [-0.05, 0) is 60.9 Å². The molecular formula is C28H30N4O2. The molecule has 1 amide bonds. The van der Waals surface area contributed by atoms with Gasteiger partial charge in [-0.15, -0.1) is 0 Å². The number of benzene rings is 3. The van der Waals surface area contributed by atoms with E-state index in [9.17, 15) is 9.90 Å². The van der Waals surface area contributed by atoms with Gasteiger partial charge in [0.25, 0.3) is 0 Å². The zero-order chi connectivity index (χ0) is 23.9. The van der Waals surface area contributed by atoms with Gasteiger partial charge in [0, 0.05) is 54.8 Å². The lowest BCUT2D eigenvalue weighted by molar-refractivity contribution is -0.120. The van der Waals surface area contributed by atoms with Gasteiger partial charge in [0.1, 0.15) is 5.75 Å². The molecule has 0 fully saturated rings. The molecule has 1 aromatic heterocycles. The Hall–Kier alpha value is -4.06.